The Kier molecular flexibility index (Phi) is 6.17. The number of ether oxygens (including phenoxy) is 1. The molecule has 0 aliphatic heterocycles. The maximum absolute atomic E-state index is 12.7. The minimum atomic E-state index is -4.59. The van der Waals surface area contributed by atoms with E-state index in [1.807, 2.05) is 0 Å². The normalized spacial score (nSPS) is 10.8. The van der Waals surface area contributed by atoms with Gasteiger partial charge in [-0.05, 0) is 36.4 Å². The summed E-state index contributed by atoms with van der Waals surface area (Å²) < 4.78 is 42.7. The molecular formula is C18H15F3N2O4. The maximum Gasteiger partial charge on any atom is 0.416 e. The van der Waals surface area contributed by atoms with E-state index in [1.165, 1.54) is 13.0 Å². The number of hydrogen-bond acceptors (Lipinski definition) is 4. The summed E-state index contributed by atoms with van der Waals surface area (Å²) in [5, 5.41) is 4.99. The number of alkyl halides is 3. The van der Waals surface area contributed by atoms with Crippen molar-refractivity contribution in [2.75, 3.05) is 17.2 Å². The van der Waals surface area contributed by atoms with Crippen molar-refractivity contribution in [3.63, 3.8) is 0 Å². The number of esters is 1. The molecule has 0 saturated heterocycles. The Morgan fingerprint density at radius 1 is 0.963 bits per heavy atom. The van der Waals surface area contributed by atoms with Crippen molar-refractivity contribution in [1.82, 2.24) is 0 Å². The predicted molar refractivity (Wildman–Crippen MR) is 91.1 cm³/mol. The van der Waals surface area contributed by atoms with Gasteiger partial charge in [0.2, 0.25) is 5.91 Å². The Morgan fingerprint density at radius 2 is 1.59 bits per heavy atom. The van der Waals surface area contributed by atoms with Crippen LogP contribution in [0.1, 0.15) is 22.8 Å². The number of carbonyl (C=O) groups is 3. The lowest BCUT2D eigenvalue weighted by atomic mass is 10.1. The second-order valence-corrected chi connectivity index (χ2v) is 5.46. The van der Waals surface area contributed by atoms with Gasteiger partial charge in [-0.3, -0.25) is 9.59 Å². The summed E-state index contributed by atoms with van der Waals surface area (Å²) in [5.74, 6) is -2.02. The third-order valence-electron chi connectivity index (χ3n) is 3.23. The first kappa shape index (κ1) is 20.0. The molecule has 0 saturated carbocycles. The first-order valence-corrected chi connectivity index (χ1v) is 7.67. The van der Waals surface area contributed by atoms with Crippen LogP contribution in [0.3, 0.4) is 0 Å². The zero-order valence-electron chi connectivity index (χ0n) is 14.1. The molecule has 6 nitrogen and oxygen atoms in total. The smallest absolute Gasteiger partial charge is 0.416 e. The van der Waals surface area contributed by atoms with E-state index in [0.29, 0.717) is 17.4 Å². The first-order chi connectivity index (χ1) is 12.6. The average Bonchev–Trinajstić information content (AvgIpc) is 2.59. The summed E-state index contributed by atoms with van der Waals surface area (Å²) >= 11 is 0. The monoisotopic (exact) mass is 380 g/mol. The molecule has 9 heteroatoms. The fourth-order valence-corrected chi connectivity index (χ4v) is 2.11. The summed E-state index contributed by atoms with van der Waals surface area (Å²) in [6.45, 7) is 0.651. The van der Waals surface area contributed by atoms with Crippen LogP contribution in [0.4, 0.5) is 24.5 Å². The highest BCUT2D eigenvalue weighted by Crippen LogP contribution is 2.29. The first-order valence-electron chi connectivity index (χ1n) is 7.67. The zero-order valence-corrected chi connectivity index (χ0v) is 14.1. The predicted octanol–water partition coefficient (Wildman–Crippen LogP) is 3.46. The van der Waals surface area contributed by atoms with Crippen LogP contribution in [-0.4, -0.2) is 24.4 Å². The molecule has 142 valence electrons. The number of rotatable bonds is 5. The number of nitrogens with one attached hydrogen (secondary N) is 2. The van der Waals surface area contributed by atoms with Crippen LogP contribution in [0.25, 0.3) is 0 Å². The van der Waals surface area contributed by atoms with Crippen LogP contribution in [0, 0.1) is 0 Å². The summed E-state index contributed by atoms with van der Waals surface area (Å²) in [6.07, 6.45) is -4.59. The topological polar surface area (TPSA) is 84.5 Å². The molecule has 0 spiro atoms. The Hall–Kier alpha value is -3.36. The van der Waals surface area contributed by atoms with E-state index in [2.05, 4.69) is 10.6 Å². The molecule has 0 unspecified atom stereocenters. The largest absolute Gasteiger partial charge is 0.452 e. The fourth-order valence-electron chi connectivity index (χ4n) is 2.11. The van der Waals surface area contributed by atoms with Crippen molar-refractivity contribution in [2.24, 2.45) is 0 Å². The summed E-state index contributed by atoms with van der Waals surface area (Å²) in [7, 11) is 0. The molecular weight excluding hydrogens is 365 g/mol. The molecule has 2 N–H and O–H groups in total. The maximum atomic E-state index is 12.7. The summed E-state index contributed by atoms with van der Waals surface area (Å²) in [6, 6.07) is 9.97. The molecule has 0 aliphatic rings. The number of halogens is 3. The van der Waals surface area contributed by atoms with Gasteiger partial charge in [-0.1, -0.05) is 12.1 Å². The quantitative estimate of drug-likeness (QED) is 0.778. The number of anilines is 2. The zero-order chi connectivity index (χ0) is 20.0. The molecule has 0 fully saturated rings. The standard InChI is InChI=1S/C18H15F3N2O4/c1-11(24)22-14-6-3-7-15(9-14)23-16(25)10-27-17(26)12-4-2-5-13(8-12)18(19,20)21/h2-9H,10H2,1H3,(H,22,24)(H,23,25). The van der Waals surface area contributed by atoms with Crippen molar-refractivity contribution >= 4 is 29.2 Å². The molecule has 0 radical (unpaired) electrons. The van der Waals surface area contributed by atoms with E-state index >= 15 is 0 Å². The van der Waals surface area contributed by atoms with Crippen molar-refractivity contribution in [2.45, 2.75) is 13.1 Å². The van der Waals surface area contributed by atoms with Gasteiger partial charge in [-0.15, -0.1) is 0 Å². The SMILES string of the molecule is CC(=O)Nc1cccc(NC(=O)COC(=O)c2cccc(C(F)(F)F)c2)c1. The van der Waals surface area contributed by atoms with Crippen molar-refractivity contribution in [1.29, 1.82) is 0 Å². The number of hydrogen-bond donors (Lipinski definition) is 2. The van der Waals surface area contributed by atoms with Gasteiger partial charge in [0.05, 0.1) is 11.1 Å². The number of amides is 2. The Labute approximate surface area is 152 Å². The second kappa shape index (κ2) is 8.35. The van der Waals surface area contributed by atoms with Gasteiger partial charge in [0, 0.05) is 18.3 Å². The molecule has 0 bridgehead atoms. The van der Waals surface area contributed by atoms with E-state index in [-0.39, 0.29) is 11.5 Å². The number of carbonyl (C=O) groups excluding carboxylic acids is 3. The van der Waals surface area contributed by atoms with E-state index in [1.54, 1.807) is 18.2 Å². The van der Waals surface area contributed by atoms with Crippen LogP contribution in [0.5, 0.6) is 0 Å². The average molecular weight is 380 g/mol. The summed E-state index contributed by atoms with van der Waals surface area (Å²) in [5.41, 5.74) is -0.496. The molecule has 0 aromatic heterocycles. The van der Waals surface area contributed by atoms with Crippen LogP contribution in [0.15, 0.2) is 48.5 Å². The van der Waals surface area contributed by atoms with Crippen molar-refractivity contribution in [3.05, 3.63) is 59.7 Å². The molecule has 2 aromatic carbocycles. The molecule has 2 aromatic rings. The number of benzene rings is 2. The van der Waals surface area contributed by atoms with E-state index in [4.69, 9.17) is 4.74 Å². The van der Waals surface area contributed by atoms with Crippen LogP contribution in [0.2, 0.25) is 0 Å². The molecule has 2 rings (SSSR count). The van der Waals surface area contributed by atoms with Gasteiger partial charge >= 0.3 is 12.1 Å². The lowest BCUT2D eigenvalue weighted by Crippen LogP contribution is -2.21. The van der Waals surface area contributed by atoms with Crippen molar-refractivity contribution < 1.29 is 32.3 Å². The summed E-state index contributed by atoms with van der Waals surface area (Å²) in [4.78, 5) is 34.7. The van der Waals surface area contributed by atoms with Gasteiger partial charge in [-0.25, -0.2) is 4.79 Å². The minimum Gasteiger partial charge on any atom is -0.452 e. The second-order valence-electron chi connectivity index (χ2n) is 5.46. The molecule has 0 heterocycles. The molecule has 27 heavy (non-hydrogen) atoms. The van der Waals surface area contributed by atoms with E-state index in [9.17, 15) is 27.6 Å². The van der Waals surface area contributed by atoms with Gasteiger partial charge in [-0.2, -0.15) is 13.2 Å². The molecule has 0 aliphatic carbocycles. The highest BCUT2D eigenvalue weighted by atomic mass is 19.4. The molecule has 0 atom stereocenters. The Morgan fingerprint density at radius 3 is 2.22 bits per heavy atom. The Bertz CT molecular complexity index is 866. The van der Waals surface area contributed by atoms with Gasteiger partial charge in [0.25, 0.3) is 5.91 Å². The van der Waals surface area contributed by atoms with E-state index < -0.39 is 30.2 Å². The van der Waals surface area contributed by atoms with E-state index in [0.717, 1.165) is 18.2 Å². The van der Waals surface area contributed by atoms with Gasteiger partial charge < -0.3 is 15.4 Å². The Balaban J connectivity index is 1.94. The van der Waals surface area contributed by atoms with Crippen LogP contribution < -0.4 is 10.6 Å². The third-order valence-corrected chi connectivity index (χ3v) is 3.23. The molecule has 2 amide bonds. The fraction of sp³-hybridized carbons (Fsp3) is 0.167. The highest BCUT2D eigenvalue weighted by molar-refractivity contribution is 5.96. The third kappa shape index (κ3) is 6.14. The lowest BCUT2D eigenvalue weighted by molar-refractivity contribution is -0.137. The van der Waals surface area contributed by atoms with Gasteiger partial charge in [0.1, 0.15) is 0 Å². The minimum absolute atomic E-state index is 0.284. The van der Waals surface area contributed by atoms with Crippen LogP contribution in [-0.2, 0) is 20.5 Å². The van der Waals surface area contributed by atoms with Crippen molar-refractivity contribution in [3.8, 4) is 0 Å². The van der Waals surface area contributed by atoms with Crippen LogP contribution >= 0.6 is 0 Å². The lowest BCUT2D eigenvalue weighted by Gasteiger charge is -2.10. The van der Waals surface area contributed by atoms with Gasteiger partial charge in [0.15, 0.2) is 6.61 Å². The highest BCUT2D eigenvalue weighted by Gasteiger charge is 2.31.